The van der Waals surface area contributed by atoms with E-state index in [-0.39, 0.29) is 23.3 Å². The lowest BCUT2D eigenvalue weighted by Crippen LogP contribution is -2.61. The second-order valence-electron chi connectivity index (χ2n) is 6.92. The van der Waals surface area contributed by atoms with Gasteiger partial charge in [-0.3, -0.25) is 14.6 Å². The Balaban J connectivity index is 1.41. The number of likely N-dealkylation sites (tertiary alicyclic amines) is 1. The molecule has 3 rings (SSSR count). The van der Waals surface area contributed by atoms with E-state index in [2.05, 4.69) is 15.3 Å². The Morgan fingerprint density at radius 1 is 1.17 bits per heavy atom. The Morgan fingerprint density at radius 3 is 2.48 bits per heavy atom. The smallest absolute Gasteiger partial charge is 0.282 e. The SMILES string of the molecule is N[C@@H](CCCCNC(=O)c1cnc2cc(F)c(F)cc2n1)C(=O)N1CC(F)(F)C1. The number of nitrogens with zero attached hydrogens (tertiary/aromatic N) is 3. The van der Waals surface area contributed by atoms with Gasteiger partial charge >= 0.3 is 0 Å². The van der Waals surface area contributed by atoms with Crippen LogP contribution >= 0.6 is 0 Å². The fourth-order valence-corrected chi connectivity index (χ4v) is 2.93. The van der Waals surface area contributed by atoms with E-state index in [1.807, 2.05) is 0 Å². The first-order valence-corrected chi connectivity index (χ1v) is 8.98. The van der Waals surface area contributed by atoms with Crippen LogP contribution in [0.2, 0.25) is 0 Å². The van der Waals surface area contributed by atoms with Gasteiger partial charge in [0.05, 0.1) is 36.4 Å². The number of aromatic nitrogens is 2. The van der Waals surface area contributed by atoms with Crippen LogP contribution in [0.15, 0.2) is 18.3 Å². The number of hydrogen-bond acceptors (Lipinski definition) is 5. The minimum Gasteiger partial charge on any atom is -0.351 e. The van der Waals surface area contributed by atoms with Crippen LogP contribution in [0, 0.1) is 11.6 Å². The molecule has 2 amide bonds. The Bertz CT molecular complexity index is 932. The van der Waals surface area contributed by atoms with Gasteiger partial charge in [-0.15, -0.1) is 0 Å². The zero-order chi connectivity index (χ0) is 21.2. The first kappa shape index (κ1) is 20.9. The molecule has 0 radical (unpaired) electrons. The number of hydrogen-bond donors (Lipinski definition) is 2. The number of carbonyl (C=O) groups is 2. The van der Waals surface area contributed by atoms with Gasteiger partial charge in [-0.2, -0.15) is 0 Å². The Labute approximate surface area is 163 Å². The fourth-order valence-electron chi connectivity index (χ4n) is 2.93. The second-order valence-corrected chi connectivity index (χ2v) is 6.92. The third-order valence-corrected chi connectivity index (χ3v) is 4.52. The first-order chi connectivity index (χ1) is 13.7. The highest BCUT2D eigenvalue weighted by Crippen LogP contribution is 2.27. The van der Waals surface area contributed by atoms with Crippen LogP contribution in [-0.4, -0.2) is 58.3 Å². The lowest BCUT2D eigenvalue weighted by atomic mass is 10.1. The number of halogens is 4. The molecule has 1 aromatic carbocycles. The number of amides is 2. The third kappa shape index (κ3) is 4.97. The predicted octanol–water partition coefficient (Wildman–Crippen LogP) is 1.61. The molecule has 0 bridgehead atoms. The van der Waals surface area contributed by atoms with Gasteiger partial charge in [0.1, 0.15) is 5.69 Å². The molecule has 2 aromatic rings. The molecular formula is C18H19F4N5O2. The molecule has 0 spiro atoms. The molecule has 29 heavy (non-hydrogen) atoms. The summed E-state index contributed by atoms with van der Waals surface area (Å²) in [6, 6.07) is 0.898. The number of nitrogens with two attached hydrogens (primary N) is 1. The van der Waals surface area contributed by atoms with E-state index in [1.165, 1.54) is 0 Å². The van der Waals surface area contributed by atoms with Crippen LogP contribution in [0.3, 0.4) is 0 Å². The lowest BCUT2D eigenvalue weighted by Gasteiger charge is -2.39. The van der Waals surface area contributed by atoms with E-state index < -0.39 is 48.5 Å². The zero-order valence-corrected chi connectivity index (χ0v) is 15.3. The largest absolute Gasteiger partial charge is 0.351 e. The zero-order valence-electron chi connectivity index (χ0n) is 15.3. The number of alkyl halides is 2. The van der Waals surface area contributed by atoms with E-state index >= 15 is 0 Å². The van der Waals surface area contributed by atoms with E-state index in [4.69, 9.17) is 5.73 Å². The predicted molar refractivity (Wildman–Crippen MR) is 95.1 cm³/mol. The molecular weight excluding hydrogens is 394 g/mol. The molecule has 1 aromatic heterocycles. The Hall–Kier alpha value is -2.82. The van der Waals surface area contributed by atoms with Crippen molar-refractivity contribution < 1.29 is 27.2 Å². The van der Waals surface area contributed by atoms with E-state index in [0.29, 0.717) is 19.3 Å². The van der Waals surface area contributed by atoms with Crippen LogP contribution < -0.4 is 11.1 Å². The number of benzene rings is 1. The van der Waals surface area contributed by atoms with Crippen molar-refractivity contribution in [2.45, 2.75) is 31.2 Å². The molecule has 2 heterocycles. The lowest BCUT2D eigenvalue weighted by molar-refractivity contribution is -0.167. The summed E-state index contributed by atoms with van der Waals surface area (Å²) in [4.78, 5) is 32.8. The molecule has 11 heteroatoms. The molecule has 1 aliphatic rings. The highest BCUT2D eigenvalue weighted by Gasteiger charge is 2.47. The first-order valence-electron chi connectivity index (χ1n) is 8.98. The normalized spacial score (nSPS) is 16.4. The highest BCUT2D eigenvalue weighted by atomic mass is 19.3. The van der Waals surface area contributed by atoms with Crippen molar-refractivity contribution in [2.24, 2.45) is 5.73 Å². The highest BCUT2D eigenvalue weighted by molar-refractivity contribution is 5.93. The number of nitrogens with one attached hydrogen (secondary N) is 1. The van der Waals surface area contributed by atoms with Crippen molar-refractivity contribution in [3.63, 3.8) is 0 Å². The molecule has 0 unspecified atom stereocenters. The number of rotatable bonds is 7. The standard InChI is InChI=1S/C18H19F4N5O2/c19-10-5-13-14(6-11(10)20)26-15(7-25-13)16(28)24-4-2-1-3-12(23)17(29)27-8-18(21,22)9-27/h5-7,12H,1-4,8-9,23H2,(H,24,28)/t12-/m0/s1. The van der Waals surface area contributed by atoms with Crippen LogP contribution in [0.25, 0.3) is 11.0 Å². The van der Waals surface area contributed by atoms with E-state index in [1.54, 1.807) is 0 Å². The molecule has 7 nitrogen and oxygen atoms in total. The van der Waals surface area contributed by atoms with Gasteiger partial charge < -0.3 is 16.0 Å². The van der Waals surface area contributed by atoms with E-state index in [9.17, 15) is 27.2 Å². The summed E-state index contributed by atoms with van der Waals surface area (Å²) in [5.41, 5.74) is 5.86. The number of unbranched alkanes of at least 4 members (excludes halogenated alkanes) is 1. The van der Waals surface area contributed by atoms with Gasteiger partial charge in [0, 0.05) is 18.7 Å². The van der Waals surface area contributed by atoms with Gasteiger partial charge in [0.15, 0.2) is 11.6 Å². The van der Waals surface area contributed by atoms with Crippen molar-refractivity contribution in [1.29, 1.82) is 0 Å². The monoisotopic (exact) mass is 413 g/mol. The van der Waals surface area contributed by atoms with Gasteiger partial charge in [0.25, 0.3) is 11.8 Å². The van der Waals surface area contributed by atoms with Crippen LogP contribution in [-0.2, 0) is 4.79 Å². The quantitative estimate of drug-likeness (QED) is 0.531. The van der Waals surface area contributed by atoms with Gasteiger partial charge in [-0.25, -0.2) is 22.5 Å². The van der Waals surface area contributed by atoms with Crippen molar-refractivity contribution in [3.05, 3.63) is 35.7 Å². The second kappa shape index (κ2) is 8.27. The minimum atomic E-state index is -2.83. The number of fused-ring (bicyclic) bond motifs is 1. The van der Waals surface area contributed by atoms with E-state index in [0.717, 1.165) is 23.2 Å². The van der Waals surface area contributed by atoms with Crippen LogP contribution in [0.1, 0.15) is 29.8 Å². The topological polar surface area (TPSA) is 101 Å². The Morgan fingerprint density at radius 2 is 1.83 bits per heavy atom. The van der Waals surface area contributed by atoms with Crippen LogP contribution in [0.4, 0.5) is 17.6 Å². The maximum atomic E-state index is 13.3. The van der Waals surface area contributed by atoms with Crippen LogP contribution in [0.5, 0.6) is 0 Å². The molecule has 3 N–H and O–H groups in total. The maximum Gasteiger partial charge on any atom is 0.282 e. The van der Waals surface area contributed by atoms with Crippen molar-refractivity contribution >= 4 is 22.8 Å². The third-order valence-electron chi connectivity index (χ3n) is 4.52. The fraction of sp³-hybridized carbons (Fsp3) is 0.444. The summed E-state index contributed by atoms with van der Waals surface area (Å²) in [7, 11) is 0. The molecule has 156 valence electrons. The van der Waals surface area contributed by atoms with Gasteiger partial charge in [-0.05, 0) is 19.3 Å². The summed E-state index contributed by atoms with van der Waals surface area (Å²) in [5, 5.41) is 2.60. The molecule has 1 fully saturated rings. The summed E-state index contributed by atoms with van der Waals surface area (Å²) in [6.45, 7) is -0.934. The maximum absolute atomic E-state index is 13.3. The van der Waals surface area contributed by atoms with Crippen molar-refractivity contribution in [1.82, 2.24) is 20.2 Å². The summed E-state index contributed by atoms with van der Waals surface area (Å²) < 4.78 is 52.0. The minimum absolute atomic E-state index is 0.0471. The molecule has 1 saturated heterocycles. The Kier molecular flexibility index (Phi) is 5.96. The molecule has 0 saturated carbocycles. The summed E-state index contributed by atoms with van der Waals surface area (Å²) in [6.07, 6.45) is 2.47. The summed E-state index contributed by atoms with van der Waals surface area (Å²) in [5.74, 6) is -6.01. The van der Waals surface area contributed by atoms with Crippen molar-refractivity contribution in [3.8, 4) is 0 Å². The molecule has 1 atom stereocenters. The average molecular weight is 413 g/mol. The average Bonchev–Trinajstić information content (AvgIpc) is 2.65. The number of carbonyl (C=O) groups excluding carboxylic acids is 2. The van der Waals surface area contributed by atoms with Crippen molar-refractivity contribution in [2.75, 3.05) is 19.6 Å². The van der Waals surface area contributed by atoms with Gasteiger partial charge in [-0.1, -0.05) is 0 Å². The molecule has 0 aliphatic carbocycles. The van der Waals surface area contributed by atoms with Gasteiger partial charge in [0.2, 0.25) is 5.91 Å². The summed E-state index contributed by atoms with van der Waals surface area (Å²) >= 11 is 0. The molecule has 1 aliphatic heterocycles.